The third-order valence-corrected chi connectivity index (χ3v) is 3.90. The molecule has 0 radical (unpaired) electrons. The van der Waals surface area contributed by atoms with Crippen LogP contribution in [0.5, 0.6) is 0 Å². The number of nitrogens with one attached hydrogen (secondary N) is 1. The van der Waals surface area contributed by atoms with Crippen LogP contribution in [-0.2, 0) is 0 Å². The Hall–Kier alpha value is -0.860. The van der Waals surface area contributed by atoms with E-state index in [0.29, 0.717) is 6.04 Å². The van der Waals surface area contributed by atoms with Gasteiger partial charge in [0.05, 0.1) is 0 Å². The first kappa shape index (κ1) is 16.2. The van der Waals surface area contributed by atoms with E-state index >= 15 is 0 Å². The van der Waals surface area contributed by atoms with Gasteiger partial charge in [-0.2, -0.15) is 0 Å². The second kappa shape index (κ2) is 8.34. The third kappa shape index (κ3) is 5.33. The average molecular weight is 262 g/mol. The normalized spacial score (nSPS) is 12.9. The van der Waals surface area contributed by atoms with Crippen LogP contribution < -0.4 is 5.32 Å². The summed E-state index contributed by atoms with van der Waals surface area (Å²) in [5.74, 6) is 0. The second-order valence-corrected chi connectivity index (χ2v) is 5.42. The van der Waals surface area contributed by atoms with Gasteiger partial charge >= 0.3 is 0 Å². The smallest absolute Gasteiger partial charge is 0.0294 e. The Morgan fingerprint density at radius 1 is 1.16 bits per heavy atom. The Labute approximate surface area is 119 Å². The van der Waals surface area contributed by atoms with Gasteiger partial charge < -0.3 is 10.2 Å². The molecule has 0 aromatic heterocycles. The molecule has 0 bridgehead atoms. The number of nitrogens with zero attached hydrogens (tertiary/aromatic N) is 1. The van der Waals surface area contributed by atoms with Crippen LogP contribution >= 0.6 is 0 Å². The lowest BCUT2D eigenvalue weighted by molar-refractivity contribution is 0.296. The maximum Gasteiger partial charge on any atom is 0.0294 e. The van der Waals surface area contributed by atoms with Gasteiger partial charge in [-0.1, -0.05) is 37.6 Å². The van der Waals surface area contributed by atoms with Crippen LogP contribution in [0.25, 0.3) is 0 Å². The summed E-state index contributed by atoms with van der Waals surface area (Å²) in [6, 6.07) is 7.15. The molecule has 0 amide bonds. The number of hydrogen-bond donors (Lipinski definition) is 1. The summed E-state index contributed by atoms with van der Waals surface area (Å²) in [7, 11) is 0. The first-order valence-corrected chi connectivity index (χ1v) is 7.61. The van der Waals surface area contributed by atoms with E-state index in [1.807, 2.05) is 0 Å². The molecule has 1 rings (SSSR count). The van der Waals surface area contributed by atoms with Gasteiger partial charge in [0.15, 0.2) is 0 Å². The SMILES string of the molecule is CCN(CC)CCCNC(C)c1cc(C)ccc1C. The molecular formula is C17H30N2. The van der Waals surface area contributed by atoms with Crippen molar-refractivity contribution in [1.82, 2.24) is 10.2 Å². The van der Waals surface area contributed by atoms with Crippen molar-refractivity contribution in [2.75, 3.05) is 26.2 Å². The molecule has 1 N–H and O–H groups in total. The molecule has 108 valence electrons. The highest BCUT2D eigenvalue weighted by Crippen LogP contribution is 2.18. The fourth-order valence-corrected chi connectivity index (χ4v) is 2.50. The van der Waals surface area contributed by atoms with Crippen LogP contribution in [-0.4, -0.2) is 31.1 Å². The second-order valence-electron chi connectivity index (χ2n) is 5.42. The summed E-state index contributed by atoms with van der Waals surface area (Å²) in [6.07, 6.45) is 1.22. The van der Waals surface area contributed by atoms with Crippen LogP contribution in [0.1, 0.15) is 49.9 Å². The largest absolute Gasteiger partial charge is 0.310 e. The minimum absolute atomic E-state index is 0.441. The van der Waals surface area contributed by atoms with Crippen molar-refractivity contribution in [1.29, 1.82) is 0 Å². The fourth-order valence-electron chi connectivity index (χ4n) is 2.50. The molecule has 1 atom stereocenters. The Morgan fingerprint density at radius 3 is 2.47 bits per heavy atom. The van der Waals surface area contributed by atoms with Gasteiger partial charge in [-0.15, -0.1) is 0 Å². The summed E-state index contributed by atoms with van der Waals surface area (Å²) < 4.78 is 0. The highest BCUT2D eigenvalue weighted by atomic mass is 15.1. The first-order valence-electron chi connectivity index (χ1n) is 7.61. The number of benzene rings is 1. The van der Waals surface area contributed by atoms with Gasteiger partial charge in [-0.25, -0.2) is 0 Å². The minimum atomic E-state index is 0.441. The van der Waals surface area contributed by atoms with E-state index in [9.17, 15) is 0 Å². The van der Waals surface area contributed by atoms with Crippen molar-refractivity contribution in [3.8, 4) is 0 Å². The van der Waals surface area contributed by atoms with Crippen molar-refractivity contribution >= 4 is 0 Å². The molecule has 19 heavy (non-hydrogen) atoms. The number of aryl methyl sites for hydroxylation is 2. The van der Waals surface area contributed by atoms with Crippen molar-refractivity contribution in [2.24, 2.45) is 0 Å². The predicted molar refractivity (Wildman–Crippen MR) is 84.7 cm³/mol. The van der Waals surface area contributed by atoms with Crippen LogP contribution in [0.3, 0.4) is 0 Å². The monoisotopic (exact) mass is 262 g/mol. The first-order chi connectivity index (χ1) is 9.08. The highest BCUT2D eigenvalue weighted by molar-refractivity contribution is 5.32. The van der Waals surface area contributed by atoms with Gasteiger partial charge in [0, 0.05) is 6.04 Å². The zero-order valence-electron chi connectivity index (χ0n) is 13.3. The van der Waals surface area contributed by atoms with E-state index < -0.39 is 0 Å². The van der Waals surface area contributed by atoms with Crippen LogP contribution in [0.2, 0.25) is 0 Å². The molecule has 0 aliphatic heterocycles. The molecule has 0 aliphatic carbocycles. The molecule has 0 spiro atoms. The molecule has 2 nitrogen and oxygen atoms in total. The zero-order chi connectivity index (χ0) is 14.3. The molecule has 0 saturated carbocycles. The molecule has 1 aromatic carbocycles. The minimum Gasteiger partial charge on any atom is -0.310 e. The van der Waals surface area contributed by atoms with Crippen molar-refractivity contribution in [3.05, 3.63) is 34.9 Å². The molecule has 1 aromatic rings. The Balaban J connectivity index is 2.39. The maximum atomic E-state index is 3.64. The lowest BCUT2D eigenvalue weighted by Gasteiger charge is -2.20. The molecule has 0 fully saturated rings. The average Bonchev–Trinajstić information content (AvgIpc) is 2.41. The third-order valence-electron chi connectivity index (χ3n) is 3.90. The standard InChI is InChI=1S/C17H30N2/c1-6-19(7-2)12-8-11-18-16(5)17-13-14(3)9-10-15(17)4/h9-10,13,16,18H,6-8,11-12H2,1-5H3. The van der Waals surface area contributed by atoms with Crippen LogP contribution in [0.4, 0.5) is 0 Å². The quantitative estimate of drug-likeness (QED) is 0.719. The number of rotatable bonds is 8. The van der Waals surface area contributed by atoms with E-state index in [-0.39, 0.29) is 0 Å². The van der Waals surface area contributed by atoms with Crippen molar-refractivity contribution in [2.45, 2.75) is 47.1 Å². The van der Waals surface area contributed by atoms with Gasteiger partial charge in [-0.3, -0.25) is 0 Å². The lowest BCUT2D eigenvalue weighted by atomic mass is 10.00. The fraction of sp³-hybridized carbons (Fsp3) is 0.647. The maximum absolute atomic E-state index is 3.64. The van der Waals surface area contributed by atoms with Crippen LogP contribution in [0, 0.1) is 13.8 Å². The van der Waals surface area contributed by atoms with Gasteiger partial charge in [0.1, 0.15) is 0 Å². The summed E-state index contributed by atoms with van der Waals surface area (Å²) in [4.78, 5) is 2.48. The van der Waals surface area contributed by atoms with Gasteiger partial charge in [-0.05, 0) is 64.5 Å². The summed E-state index contributed by atoms with van der Waals surface area (Å²) in [5.41, 5.74) is 4.16. The zero-order valence-corrected chi connectivity index (χ0v) is 13.3. The lowest BCUT2D eigenvalue weighted by Crippen LogP contribution is -2.28. The Kier molecular flexibility index (Phi) is 7.11. The van der Waals surface area contributed by atoms with E-state index in [1.54, 1.807) is 0 Å². The Bertz CT molecular complexity index is 370. The summed E-state index contributed by atoms with van der Waals surface area (Å²) in [6.45, 7) is 15.7. The molecule has 2 heteroatoms. The Morgan fingerprint density at radius 2 is 1.84 bits per heavy atom. The number of hydrogen-bond acceptors (Lipinski definition) is 2. The summed E-state index contributed by atoms with van der Waals surface area (Å²) >= 11 is 0. The molecule has 0 aliphatic rings. The molecular weight excluding hydrogens is 232 g/mol. The predicted octanol–water partition coefficient (Wildman–Crippen LogP) is 3.69. The summed E-state index contributed by atoms with van der Waals surface area (Å²) in [5, 5.41) is 3.64. The van der Waals surface area contributed by atoms with E-state index in [1.165, 1.54) is 29.7 Å². The van der Waals surface area contributed by atoms with Crippen LogP contribution in [0.15, 0.2) is 18.2 Å². The van der Waals surface area contributed by atoms with E-state index in [2.05, 4.69) is 63.0 Å². The van der Waals surface area contributed by atoms with E-state index in [4.69, 9.17) is 0 Å². The molecule has 0 heterocycles. The highest BCUT2D eigenvalue weighted by Gasteiger charge is 2.08. The van der Waals surface area contributed by atoms with Gasteiger partial charge in [0.2, 0.25) is 0 Å². The topological polar surface area (TPSA) is 15.3 Å². The van der Waals surface area contributed by atoms with Gasteiger partial charge in [0.25, 0.3) is 0 Å². The van der Waals surface area contributed by atoms with Crippen molar-refractivity contribution < 1.29 is 0 Å². The molecule has 0 saturated heterocycles. The van der Waals surface area contributed by atoms with Crippen molar-refractivity contribution in [3.63, 3.8) is 0 Å². The molecule has 1 unspecified atom stereocenters. The van der Waals surface area contributed by atoms with E-state index in [0.717, 1.165) is 19.6 Å².